The highest BCUT2D eigenvalue weighted by atomic mass is 35.5. The van der Waals surface area contributed by atoms with E-state index in [0.717, 1.165) is 15.6 Å². The minimum absolute atomic E-state index is 0.00241. The molecule has 7 nitrogen and oxygen atoms in total. The predicted molar refractivity (Wildman–Crippen MR) is 149 cm³/mol. The molecule has 0 radical (unpaired) electrons. The molecule has 0 unspecified atom stereocenters. The summed E-state index contributed by atoms with van der Waals surface area (Å²) < 4.78 is 5.72. The van der Waals surface area contributed by atoms with Crippen LogP contribution in [0.3, 0.4) is 0 Å². The van der Waals surface area contributed by atoms with Crippen molar-refractivity contribution in [3.63, 3.8) is 0 Å². The largest absolute Gasteiger partial charge is 0.469 e. The maximum Gasteiger partial charge on any atom is 0.307 e. The van der Waals surface area contributed by atoms with E-state index in [-0.39, 0.29) is 24.2 Å². The number of nitrogens with one attached hydrogen (secondary N) is 1. The lowest BCUT2D eigenvalue weighted by Gasteiger charge is -2.31. The van der Waals surface area contributed by atoms with Gasteiger partial charge in [-0.2, -0.15) is 0 Å². The Morgan fingerprint density at radius 3 is 2.65 bits per heavy atom. The lowest BCUT2D eigenvalue weighted by atomic mass is 9.94. The number of thiophene rings is 1. The van der Waals surface area contributed by atoms with Gasteiger partial charge in [0, 0.05) is 30.8 Å². The summed E-state index contributed by atoms with van der Waals surface area (Å²) in [6.45, 7) is 0.887. The van der Waals surface area contributed by atoms with Crippen LogP contribution in [0, 0.1) is 5.92 Å². The number of anilines is 1. The molecule has 1 aliphatic heterocycles. The van der Waals surface area contributed by atoms with Gasteiger partial charge >= 0.3 is 5.97 Å². The van der Waals surface area contributed by atoms with Crippen molar-refractivity contribution < 1.29 is 19.1 Å². The highest BCUT2D eigenvalue weighted by Gasteiger charge is 2.29. The van der Waals surface area contributed by atoms with Gasteiger partial charge in [0.15, 0.2) is 0 Å². The van der Waals surface area contributed by atoms with Gasteiger partial charge in [0.2, 0.25) is 11.8 Å². The third kappa shape index (κ3) is 6.44. The molecule has 0 bridgehead atoms. The van der Waals surface area contributed by atoms with Crippen LogP contribution in [-0.2, 0) is 19.1 Å². The zero-order chi connectivity index (χ0) is 26.5. The van der Waals surface area contributed by atoms with Crippen LogP contribution in [0.5, 0.6) is 0 Å². The summed E-state index contributed by atoms with van der Waals surface area (Å²) in [4.78, 5) is 39.5. The first kappa shape index (κ1) is 27.0. The normalized spacial score (nSPS) is 15.2. The number of halogens is 2. The Morgan fingerprint density at radius 2 is 1.95 bits per heavy atom. The maximum atomic E-state index is 13.0. The molecule has 0 spiro atoms. The number of esters is 1. The molecule has 3 aromatic rings. The van der Waals surface area contributed by atoms with E-state index in [1.165, 1.54) is 24.5 Å². The first-order valence-corrected chi connectivity index (χ1v) is 13.4. The number of methoxy groups -OCH3 is 1. The monoisotopic (exact) mass is 559 g/mol. The highest BCUT2D eigenvalue weighted by Crippen LogP contribution is 2.37. The number of fused-ring (bicyclic) bond motifs is 1. The molecule has 1 aromatic heterocycles. The van der Waals surface area contributed by atoms with Crippen molar-refractivity contribution in [2.75, 3.05) is 25.9 Å². The molecule has 37 heavy (non-hydrogen) atoms. The summed E-state index contributed by atoms with van der Waals surface area (Å²) in [5, 5.41) is 6.79. The number of carbonyl (C=O) groups excluding carboxylic acids is 3. The predicted octanol–water partition coefficient (Wildman–Crippen LogP) is 5.46. The van der Waals surface area contributed by atoms with Crippen molar-refractivity contribution in [2.24, 2.45) is 5.92 Å². The number of benzene rings is 2. The zero-order valence-corrected chi connectivity index (χ0v) is 22.5. The van der Waals surface area contributed by atoms with Crippen molar-refractivity contribution in [1.82, 2.24) is 10.2 Å². The van der Waals surface area contributed by atoms with Gasteiger partial charge in [-0.3, -0.25) is 14.4 Å². The van der Waals surface area contributed by atoms with Crippen LogP contribution in [0.25, 0.3) is 16.2 Å². The molecule has 1 fully saturated rings. The lowest BCUT2D eigenvalue weighted by molar-refractivity contribution is -0.141. The molecule has 2 amide bonds. The Labute approximate surface area is 229 Å². The third-order valence-electron chi connectivity index (χ3n) is 6.46. The summed E-state index contributed by atoms with van der Waals surface area (Å²) in [7, 11) is 1.31. The molecule has 0 aliphatic carbocycles. The van der Waals surface area contributed by atoms with Gasteiger partial charge in [0.1, 0.15) is 0 Å². The number of hydrogen-bond acceptors (Lipinski definition) is 6. The Morgan fingerprint density at radius 1 is 1.19 bits per heavy atom. The Kier molecular flexibility index (Phi) is 8.74. The number of ether oxygens (including phenoxy) is 1. The summed E-state index contributed by atoms with van der Waals surface area (Å²) >= 11 is 14.3. The second-order valence-electron chi connectivity index (χ2n) is 8.88. The van der Waals surface area contributed by atoms with Gasteiger partial charge in [0.05, 0.1) is 34.3 Å². The highest BCUT2D eigenvalue weighted by molar-refractivity contribution is 7.18. The minimum Gasteiger partial charge on any atom is -0.469 e. The van der Waals surface area contributed by atoms with Gasteiger partial charge < -0.3 is 20.7 Å². The number of likely N-dealkylation sites (tertiary alicyclic amines) is 1. The number of piperidine rings is 1. The average molecular weight is 561 g/mol. The van der Waals surface area contributed by atoms with Crippen molar-refractivity contribution in [3.8, 4) is 0 Å². The molecule has 0 saturated carbocycles. The van der Waals surface area contributed by atoms with E-state index in [2.05, 4.69) is 5.32 Å². The fourth-order valence-corrected chi connectivity index (χ4v) is 5.83. The molecule has 1 aliphatic rings. The van der Waals surface area contributed by atoms with Gasteiger partial charge in [-0.15, -0.1) is 11.3 Å². The fraction of sp³-hybridized carbons (Fsp3) is 0.296. The van der Waals surface area contributed by atoms with Crippen LogP contribution in [0.1, 0.15) is 36.4 Å². The quantitative estimate of drug-likeness (QED) is 0.227. The van der Waals surface area contributed by atoms with Gasteiger partial charge in [-0.25, -0.2) is 0 Å². The third-order valence-corrected chi connectivity index (χ3v) is 8.40. The molecule has 2 heterocycles. The number of nitrogens with zero attached hydrogens (tertiary/aromatic N) is 1. The van der Waals surface area contributed by atoms with Crippen LogP contribution in [0.15, 0.2) is 47.9 Å². The van der Waals surface area contributed by atoms with Crippen molar-refractivity contribution in [3.05, 3.63) is 69.0 Å². The first-order chi connectivity index (χ1) is 17.8. The average Bonchev–Trinajstić information content (AvgIpc) is 3.38. The topological polar surface area (TPSA) is 102 Å². The molecule has 1 atom stereocenters. The fourth-order valence-electron chi connectivity index (χ4n) is 4.39. The second kappa shape index (κ2) is 12.0. The molecule has 1 saturated heterocycles. The van der Waals surface area contributed by atoms with E-state index >= 15 is 0 Å². The molecule has 2 aromatic carbocycles. The van der Waals surface area contributed by atoms with Crippen molar-refractivity contribution >= 4 is 74.2 Å². The van der Waals surface area contributed by atoms with E-state index in [1.807, 2.05) is 23.6 Å². The van der Waals surface area contributed by atoms with Crippen LogP contribution in [-0.4, -0.2) is 42.9 Å². The van der Waals surface area contributed by atoms with Crippen molar-refractivity contribution in [2.45, 2.75) is 25.3 Å². The van der Waals surface area contributed by atoms with Crippen LogP contribution >= 0.6 is 34.5 Å². The Balaban J connectivity index is 1.36. The van der Waals surface area contributed by atoms with Gasteiger partial charge in [-0.1, -0.05) is 35.3 Å². The summed E-state index contributed by atoms with van der Waals surface area (Å²) in [5.41, 5.74) is 7.84. The second-order valence-corrected chi connectivity index (χ2v) is 10.5. The number of nitrogen functional groups attached to an aromatic ring is 1. The van der Waals surface area contributed by atoms with E-state index in [0.29, 0.717) is 47.2 Å². The van der Waals surface area contributed by atoms with Crippen LogP contribution in [0.4, 0.5) is 5.69 Å². The van der Waals surface area contributed by atoms with Gasteiger partial charge in [-0.05, 0) is 65.1 Å². The smallest absolute Gasteiger partial charge is 0.307 e. The first-order valence-electron chi connectivity index (χ1n) is 11.8. The molecular formula is C27H27Cl2N3O4S. The van der Waals surface area contributed by atoms with E-state index < -0.39 is 12.0 Å². The molecule has 4 rings (SSSR count). The lowest BCUT2D eigenvalue weighted by Crippen LogP contribution is -2.43. The number of nitrogens with two attached hydrogens (primary N) is 1. The summed E-state index contributed by atoms with van der Waals surface area (Å²) in [6, 6.07) is 10.4. The van der Waals surface area contributed by atoms with E-state index in [4.69, 9.17) is 33.7 Å². The minimum atomic E-state index is -0.553. The number of amides is 2. The Hall–Kier alpha value is -3.07. The number of rotatable bonds is 7. The van der Waals surface area contributed by atoms with E-state index in [1.54, 1.807) is 29.2 Å². The molecular weight excluding hydrogens is 533 g/mol. The van der Waals surface area contributed by atoms with Crippen molar-refractivity contribution in [1.29, 1.82) is 0 Å². The van der Waals surface area contributed by atoms with Crippen LogP contribution < -0.4 is 11.1 Å². The standard InChI is InChI=1S/C27H27Cl2N3O4S/c1-36-23(34)15-21(17-3-2-4-20(30)14-17)31-27(35)16-7-10-32(11-8-16)22(33)6-5-18-13-19-9-12-37-26(19)25(29)24(18)28/h2-6,9,12-14,16,21H,7-8,10-11,15,30H2,1H3,(H,31,35)/b6-5+/t21-/m1/s1. The summed E-state index contributed by atoms with van der Waals surface area (Å²) in [5.74, 6) is -1.02. The SMILES string of the molecule is COC(=O)C[C@@H](NC(=O)C1CCN(C(=O)/C=C/c2cc3ccsc3c(Cl)c2Cl)CC1)c1cccc(N)c1. The number of hydrogen-bond donors (Lipinski definition) is 2. The Bertz CT molecular complexity index is 1350. The molecule has 10 heteroatoms. The number of carbonyl (C=O) groups is 3. The van der Waals surface area contributed by atoms with Crippen LogP contribution in [0.2, 0.25) is 10.0 Å². The zero-order valence-electron chi connectivity index (χ0n) is 20.2. The molecule has 194 valence electrons. The van der Waals surface area contributed by atoms with E-state index in [9.17, 15) is 14.4 Å². The van der Waals surface area contributed by atoms with Gasteiger partial charge in [0.25, 0.3) is 0 Å². The molecule has 3 N–H and O–H groups in total. The maximum absolute atomic E-state index is 13.0. The summed E-state index contributed by atoms with van der Waals surface area (Å²) in [6.07, 6.45) is 4.19.